The zero-order valence-corrected chi connectivity index (χ0v) is 13.3. The smallest absolute Gasteiger partial charge is 0.241 e. The summed E-state index contributed by atoms with van der Waals surface area (Å²) in [5, 5.41) is 2.87. The highest BCUT2D eigenvalue weighted by Gasteiger charge is 2.13. The molecule has 0 heterocycles. The van der Waals surface area contributed by atoms with E-state index in [9.17, 15) is 4.79 Å². The Bertz CT molecular complexity index is 414. The standard InChI is InChI=1S/C13H19BrN2OS/c1-8-6-10(7-9(2)12(8)14)16-13(17)11(15)4-5-18-3/h6-7,11H,4-5,15H2,1-3H3,(H,16,17)/t11-/m1/s1. The van der Waals surface area contributed by atoms with E-state index < -0.39 is 6.04 Å². The first-order valence-electron chi connectivity index (χ1n) is 5.77. The third-order valence-corrected chi connectivity index (χ3v) is 4.57. The molecule has 0 fully saturated rings. The summed E-state index contributed by atoms with van der Waals surface area (Å²) in [6.07, 6.45) is 2.70. The molecular formula is C13H19BrN2OS. The first kappa shape index (κ1) is 15.5. The predicted octanol–water partition coefficient (Wildman–Crippen LogP) is 3.08. The normalized spacial score (nSPS) is 12.3. The molecule has 0 saturated carbocycles. The molecule has 1 aromatic rings. The van der Waals surface area contributed by atoms with Gasteiger partial charge in [0.2, 0.25) is 5.91 Å². The van der Waals surface area contributed by atoms with Gasteiger partial charge in [-0.2, -0.15) is 11.8 Å². The monoisotopic (exact) mass is 330 g/mol. The average Bonchev–Trinajstić information content (AvgIpc) is 2.32. The van der Waals surface area contributed by atoms with Gasteiger partial charge in [-0.25, -0.2) is 0 Å². The lowest BCUT2D eigenvalue weighted by molar-refractivity contribution is -0.117. The van der Waals surface area contributed by atoms with Gasteiger partial charge in [0.05, 0.1) is 6.04 Å². The number of benzene rings is 1. The van der Waals surface area contributed by atoms with Gasteiger partial charge in [-0.05, 0) is 55.5 Å². The number of carbonyl (C=O) groups is 1. The Morgan fingerprint density at radius 3 is 2.50 bits per heavy atom. The summed E-state index contributed by atoms with van der Waals surface area (Å²) < 4.78 is 1.08. The van der Waals surface area contributed by atoms with Crippen LogP contribution in [-0.4, -0.2) is 24.0 Å². The van der Waals surface area contributed by atoms with Gasteiger partial charge in [-0.3, -0.25) is 4.79 Å². The number of amides is 1. The minimum absolute atomic E-state index is 0.120. The molecule has 1 aromatic carbocycles. The van der Waals surface area contributed by atoms with Crippen LogP contribution in [-0.2, 0) is 4.79 Å². The maximum Gasteiger partial charge on any atom is 0.241 e. The van der Waals surface area contributed by atoms with Crippen molar-refractivity contribution in [3.63, 3.8) is 0 Å². The van der Waals surface area contributed by atoms with Crippen molar-refractivity contribution in [1.82, 2.24) is 0 Å². The molecule has 1 atom stereocenters. The number of aryl methyl sites for hydroxylation is 2. The van der Waals surface area contributed by atoms with Crippen LogP contribution in [0, 0.1) is 13.8 Å². The molecule has 18 heavy (non-hydrogen) atoms. The summed E-state index contributed by atoms with van der Waals surface area (Å²) in [4.78, 5) is 11.9. The van der Waals surface area contributed by atoms with Crippen LogP contribution in [0.1, 0.15) is 17.5 Å². The lowest BCUT2D eigenvalue weighted by Crippen LogP contribution is -2.36. The number of carbonyl (C=O) groups excluding carboxylic acids is 1. The third kappa shape index (κ3) is 4.30. The fourth-order valence-electron chi connectivity index (χ4n) is 1.63. The molecule has 1 rings (SSSR count). The van der Waals surface area contributed by atoms with Crippen molar-refractivity contribution in [3.8, 4) is 0 Å². The SMILES string of the molecule is CSCC[C@@H](N)C(=O)Nc1cc(C)c(Br)c(C)c1. The molecule has 3 nitrogen and oxygen atoms in total. The van der Waals surface area contributed by atoms with Crippen LogP contribution in [0.3, 0.4) is 0 Å². The topological polar surface area (TPSA) is 55.1 Å². The van der Waals surface area contributed by atoms with Crippen molar-refractivity contribution in [2.45, 2.75) is 26.3 Å². The Labute approximate surface area is 121 Å². The predicted molar refractivity (Wildman–Crippen MR) is 83.2 cm³/mol. The van der Waals surface area contributed by atoms with Crippen molar-refractivity contribution in [3.05, 3.63) is 27.7 Å². The molecular weight excluding hydrogens is 312 g/mol. The maximum atomic E-state index is 11.9. The summed E-state index contributed by atoms with van der Waals surface area (Å²) >= 11 is 5.20. The number of anilines is 1. The third-order valence-electron chi connectivity index (χ3n) is 2.67. The quantitative estimate of drug-likeness (QED) is 0.872. The van der Waals surface area contributed by atoms with E-state index in [-0.39, 0.29) is 5.91 Å². The van der Waals surface area contributed by atoms with Gasteiger partial charge in [0.25, 0.3) is 0 Å². The first-order valence-corrected chi connectivity index (χ1v) is 7.96. The molecule has 0 unspecified atom stereocenters. The maximum absolute atomic E-state index is 11.9. The van der Waals surface area contributed by atoms with E-state index in [1.54, 1.807) is 11.8 Å². The fraction of sp³-hybridized carbons (Fsp3) is 0.462. The summed E-state index contributed by atoms with van der Waals surface area (Å²) in [5.41, 5.74) is 8.83. The Morgan fingerprint density at radius 2 is 2.00 bits per heavy atom. The van der Waals surface area contributed by atoms with Crippen LogP contribution >= 0.6 is 27.7 Å². The van der Waals surface area contributed by atoms with Crippen LogP contribution < -0.4 is 11.1 Å². The number of hydrogen-bond acceptors (Lipinski definition) is 3. The Kier molecular flexibility index (Phi) is 6.18. The first-order chi connectivity index (χ1) is 8.45. The van der Waals surface area contributed by atoms with Crippen molar-refractivity contribution in [1.29, 1.82) is 0 Å². The number of thioether (sulfide) groups is 1. The minimum Gasteiger partial charge on any atom is -0.325 e. The largest absolute Gasteiger partial charge is 0.325 e. The molecule has 0 bridgehead atoms. The van der Waals surface area contributed by atoms with E-state index in [0.29, 0.717) is 6.42 Å². The number of nitrogens with two attached hydrogens (primary N) is 1. The zero-order chi connectivity index (χ0) is 13.7. The van der Waals surface area contributed by atoms with Gasteiger partial charge in [0.1, 0.15) is 0 Å². The van der Waals surface area contributed by atoms with Gasteiger partial charge in [-0.15, -0.1) is 0 Å². The number of hydrogen-bond donors (Lipinski definition) is 2. The van der Waals surface area contributed by atoms with E-state index in [1.165, 1.54) is 0 Å². The van der Waals surface area contributed by atoms with Crippen molar-refractivity contribution < 1.29 is 4.79 Å². The van der Waals surface area contributed by atoms with E-state index in [4.69, 9.17) is 5.73 Å². The Morgan fingerprint density at radius 1 is 1.44 bits per heavy atom. The zero-order valence-electron chi connectivity index (χ0n) is 10.9. The highest BCUT2D eigenvalue weighted by Crippen LogP contribution is 2.25. The average molecular weight is 331 g/mol. The van der Waals surface area contributed by atoms with Crippen molar-refractivity contribution in [2.75, 3.05) is 17.3 Å². The Balaban J connectivity index is 2.70. The van der Waals surface area contributed by atoms with Crippen molar-refractivity contribution in [2.24, 2.45) is 5.73 Å². The molecule has 3 N–H and O–H groups in total. The second kappa shape index (κ2) is 7.16. The molecule has 0 saturated heterocycles. The minimum atomic E-state index is -0.443. The van der Waals surface area contributed by atoms with Crippen LogP contribution in [0.15, 0.2) is 16.6 Å². The number of halogens is 1. The Hall–Kier alpha value is -0.520. The summed E-state index contributed by atoms with van der Waals surface area (Å²) in [5.74, 6) is 0.776. The van der Waals surface area contributed by atoms with Crippen LogP contribution in [0.5, 0.6) is 0 Å². The second-order valence-corrected chi connectivity index (χ2v) is 6.08. The molecule has 0 aliphatic carbocycles. The molecule has 1 amide bonds. The van der Waals surface area contributed by atoms with E-state index >= 15 is 0 Å². The summed E-state index contributed by atoms with van der Waals surface area (Å²) in [6, 6.07) is 3.44. The summed E-state index contributed by atoms with van der Waals surface area (Å²) in [7, 11) is 0. The summed E-state index contributed by atoms with van der Waals surface area (Å²) in [6.45, 7) is 4.00. The van der Waals surface area contributed by atoms with Gasteiger partial charge >= 0.3 is 0 Å². The van der Waals surface area contributed by atoms with E-state index in [0.717, 1.165) is 27.0 Å². The molecule has 0 aromatic heterocycles. The van der Waals surface area contributed by atoms with Crippen molar-refractivity contribution >= 4 is 39.3 Å². The van der Waals surface area contributed by atoms with Gasteiger partial charge in [0.15, 0.2) is 0 Å². The molecule has 5 heteroatoms. The molecule has 0 spiro atoms. The number of nitrogens with one attached hydrogen (secondary N) is 1. The van der Waals surface area contributed by atoms with Gasteiger partial charge in [-0.1, -0.05) is 15.9 Å². The van der Waals surface area contributed by atoms with Gasteiger partial charge < -0.3 is 11.1 Å². The molecule has 100 valence electrons. The van der Waals surface area contributed by atoms with Crippen LogP contribution in [0.4, 0.5) is 5.69 Å². The highest BCUT2D eigenvalue weighted by atomic mass is 79.9. The molecule has 0 radical (unpaired) electrons. The lowest BCUT2D eigenvalue weighted by Gasteiger charge is -2.13. The van der Waals surface area contributed by atoms with E-state index in [1.807, 2.05) is 32.2 Å². The lowest BCUT2D eigenvalue weighted by atomic mass is 10.1. The van der Waals surface area contributed by atoms with Gasteiger partial charge in [0, 0.05) is 10.2 Å². The molecule has 0 aliphatic rings. The van der Waals surface area contributed by atoms with E-state index in [2.05, 4.69) is 21.2 Å². The van der Waals surface area contributed by atoms with Crippen LogP contribution in [0.2, 0.25) is 0 Å². The number of rotatable bonds is 5. The highest BCUT2D eigenvalue weighted by molar-refractivity contribution is 9.10. The molecule has 0 aliphatic heterocycles. The second-order valence-electron chi connectivity index (χ2n) is 4.30. The fourth-order valence-corrected chi connectivity index (χ4v) is 2.35. The van der Waals surface area contributed by atoms with Crippen LogP contribution in [0.25, 0.3) is 0 Å².